The number of amides is 1. The van der Waals surface area contributed by atoms with Crippen molar-refractivity contribution in [1.29, 1.82) is 0 Å². The Morgan fingerprint density at radius 1 is 1.29 bits per heavy atom. The standard InChI is InChI=1S/C17H20N4O3/c1-8(2)5-11-7-13(24-21-11)16(22)19-14-10(4)9(3)6-12-15(14)20-17(23)18-12/h6-8H,5H2,1-4H3,(H,19,22)(H2,18,20,23). The maximum atomic E-state index is 12.5. The van der Waals surface area contributed by atoms with Crippen LogP contribution in [-0.4, -0.2) is 21.0 Å². The number of aryl methyl sites for hydroxylation is 1. The van der Waals surface area contributed by atoms with Crippen LogP contribution in [0.2, 0.25) is 0 Å². The second-order valence-electron chi connectivity index (χ2n) is 6.43. The Kier molecular flexibility index (Phi) is 4.01. The van der Waals surface area contributed by atoms with E-state index in [1.54, 1.807) is 6.07 Å². The molecule has 1 aromatic carbocycles. The number of carbonyl (C=O) groups is 1. The molecular weight excluding hydrogens is 308 g/mol. The fourth-order valence-electron chi connectivity index (χ4n) is 2.68. The van der Waals surface area contributed by atoms with Crippen LogP contribution in [0, 0.1) is 19.8 Å². The lowest BCUT2D eigenvalue weighted by Crippen LogP contribution is -2.13. The number of aromatic amines is 2. The van der Waals surface area contributed by atoms with Gasteiger partial charge in [0.1, 0.15) is 0 Å². The van der Waals surface area contributed by atoms with Gasteiger partial charge in [0.25, 0.3) is 5.91 Å². The van der Waals surface area contributed by atoms with Gasteiger partial charge in [0, 0.05) is 6.07 Å². The van der Waals surface area contributed by atoms with Crippen LogP contribution < -0.4 is 11.0 Å². The van der Waals surface area contributed by atoms with E-state index in [1.165, 1.54) is 0 Å². The van der Waals surface area contributed by atoms with Crippen LogP contribution in [0.15, 0.2) is 21.5 Å². The lowest BCUT2D eigenvalue weighted by molar-refractivity contribution is 0.0988. The monoisotopic (exact) mass is 328 g/mol. The third kappa shape index (κ3) is 2.97. The third-order valence-electron chi connectivity index (χ3n) is 3.97. The first-order valence-corrected chi connectivity index (χ1v) is 7.84. The highest BCUT2D eigenvalue weighted by Crippen LogP contribution is 2.27. The quantitative estimate of drug-likeness (QED) is 0.685. The lowest BCUT2D eigenvalue weighted by Gasteiger charge is -2.10. The predicted molar refractivity (Wildman–Crippen MR) is 91.4 cm³/mol. The van der Waals surface area contributed by atoms with Gasteiger partial charge in [0.05, 0.1) is 22.4 Å². The molecule has 24 heavy (non-hydrogen) atoms. The van der Waals surface area contributed by atoms with Gasteiger partial charge in [-0.15, -0.1) is 0 Å². The molecule has 0 unspecified atom stereocenters. The molecular formula is C17H20N4O3. The number of anilines is 1. The van der Waals surface area contributed by atoms with E-state index in [0.29, 0.717) is 22.6 Å². The van der Waals surface area contributed by atoms with E-state index in [2.05, 4.69) is 34.3 Å². The molecule has 0 aliphatic heterocycles. The van der Waals surface area contributed by atoms with E-state index in [4.69, 9.17) is 4.52 Å². The number of carbonyl (C=O) groups excluding carboxylic acids is 1. The zero-order chi connectivity index (χ0) is 17.4. The molecule has 0 radical (unpaired) electrons. The van der Waals surface area contributed by atoms with Crippen molar-refractivity contribution in [3.8, 4) is 0 Å². The first-order valence-electron chi connectivity index (χ1n) is 7.84. The number of nitrogens with zero attached hydrogens (tertiary/aromatic N) is 1. The Bertz CT molecular complexity index is 962. The first-order chi connectivity index (χ1) is 11.3. The van der Waals surface area contributed by atoms with Crippen LogP contribution in [0.3, 0.4) is 0 Å². The van der Waals surface area contributed by atoms with E-state index in [1.807, 2.05) is 19.9 Å². The molecule has 0 spiro atoms. The zero-order valence-corrected chi connectivity index (χ0v) is 14.1. The molecule has 126 valence electrons. The number of rotatable bonds is 4. The highest BCUT2D eigenvalue weighted by atomic mass is 16.5. The van der Waals surface area contributed by atoms with E-state index in [9.17, 15) is 9.59 Å². The lowest BCUT2D eigenvalue weighted by atomic mass is 10.1. The van der Waals surface area contributed by atoms with Gasteiger partial charge < -0.3 is 19.8 Å². The van der Waals surface area contributed by atoms with Crippen molar-refractivity contribution in [1.82, 2.24) is 15.1 Å². The van der Waals surface area contributed by atoms with Crippen LogP contribution in [0.25, 0.3) is 11.0 Å². The molecule has 3 rings (SSSR count). The SMILES string of the molecule is Cc1cc2[nH]c(=O)[nH]c2c(NC(=O)c2cc(CC(C)C)no2)c1C. The zero-order valence-electron chi connectivity index (χ0n) is 14.1. The van der Waals surface area contributed by atoms with Gasteiger partial charge in [-0.05, 0) is 43.4 Å². The molecule has 3 N–H and O–H groups in total. The highest BCUT2D eigenvalue weighted by molar-refractivity contribution is 6.07. The number of fused-ring (bicyclic) bond motifs is 1. The molecule has 0 saturated heterocycles. The molecule has 0 fully saturated rings. The molecule has 0 aliphatic rings. The number of aromatic nitrogens is 3. The maximum Gasteiger partial charge on any atom is 0.323 e. The number of hydrogen-bond donors (Lipinski definition) is 3. The Morgan fingerprint density at radius 3 is 2.75 bits per heavy atom. The summed E-state index contributed by atoms with van der Waals surface area (Å²) in [7, 11) is 0. The van der Waals surface area contributed by atoms with Crippen molar-refractivity contribution in [3.05, 3.63) is 45.2 Å². The smallest absolute Gasteiger partial charge is 0.323 e. The van der Waals surface area contributed by atoms with Crippen molar-refractivity contribution in [3.63, 3.8) is 0 Å². The summed E-state index contributed by atoms with van der Waals surface area (Å²) in [6.07, 6.45) is 0.746. The number of hydrogen-bond acceptors (Lipinski definition) is 4. The van der Waals surface area contributed by atoms with E-state index in [0.717, 1.165) is 23.2 Å². The average Bonchev–Trinajstić information content (AvgIpc) is 3.09. The minimum Gasteiger partial charge on any atom is -0.351 e. The van der Waals surface area contributed by atoms with Gasteiger partial charge >= 0.3 is 5.69 Å². The molecule has 2 heterocycles. The summed E-state index contributed by atoms with van der Waals surface area (Å²) < 4.78 is 5.15. The largest absolute Gasteiger partial charge is 0.351 e. The Balaban J connectivity index is 1.94. The minimum atomic E-state index is -0.394. The van der Waals surface area contributed by atoms with Gasteiger partial charge in [-0.3, -0.25) is 4.79 Å². The van der Waals surface area contributed by atoms with Crippen LogP contribution in [0.4, 0.5) is 5.69 Å². The van der Waals surface area contributed by atoms with Crippen LogP contribution in [0.1, 0.15) is 41.2 Å². The summed E-state index contributed by atoms with van der Waals surface area (Å²) in [5.74, 6) is 0.182. The molecule has 0 aliphatic carbocycles. The molecule has 0 bridgehead atoms. The maximum absolute atomic E-state index is 12.5. The number of imidazole rings is 1. The van der Waals surface area contributed by atoms with Crippen LogP contribution in [-0.2, 0) is 6.42 Å². The number of benzene rings is 1. The van der Waals surface area contributed by atoms with Gasteiger partial charge in [0.15, 0.2) is 0 Å². The fraction of sp³-hybridized carbons (Fsp3) is 0.353. The molecule has 1 amide bonds. The third-order valence-corrected chi connectivity index (χ3v) is 3.97. The summed E-state index contributed by atoms with van der Waals surface area (Å²) in [6.45, 7) is 7.96. The summed E-state index contributed by atoms with van der Waals surface area (Å²) in [4.78, 5) is 29.5. The average molecular weight is 328 g/mol. The van der Waals surface area contributed by atoms with Crippen LogP contribution in [0.5, 0.6) is 0 Å². The Morgan fingerprint density at radius 2 is 2.04 bits per heavy atom. The second kappa shape index (κ2) is 5.99. The summed E-state index contributed by atoms with van der Waals surface area (Å²) >= 11 is 0. The highest BCUT2D eigenvalue weighted by Gasteiger charge is 2.18. The van der Waals surface area contributed by atoms with Crippen molar-refractivity contribution < 1.29 is 9.32 Å². The predicted octanol–water partition coefficient (Wildman–Crippen LogP) is 2.91. The van der Waals surface area contributed by atoms with Crippen molar-refractivity contribution in [2.75, 3.05) is 5.32 Å². The van der Waals surface area contributed by atoms with E-state index >= 15 is 0 Å². The molecule has 0 atom stereocenters. The molecule has 7 heteroatoms. The van der Waals surface area contributed by atoms with Crippen molar-refractivity contribution >= 4 is 22.6 Å². The topological polar surface area (TPSA) is 104 Å². The fourth-order valence-corrected chi connectivity index (χ4v) is 2.68. The number of H-pyrrole nitrogens is 2. The van der Waals surface area contributed by atoms with E-state index < -0.39 is 5.91 Å². The molecule has 7 nitrogen and oxygen atoms in total. The van der Waals surface area contributed by atoms with E-state index in [-0.39, 0.29) is 11.4 Å². The van der Waals surface area contributed by atoms with Crippen molar-refractivity contribution in [2.45, 2.75) is 34.1 Å². The number of nitrogens with one attached hydrogen (secondary N) is 3. The summed E-state index contributed by atoms with van der Waals surface area (Å²) in [5, 5.41) is 6.75. The second-order valence-corrected chi connectivity index (χ2v) is 6.43. The van der Waals surface area contributed by atoms with Gasteiger partial charge in [0.2, 0.25) is 5.76 Å². The van der Waals surface area contributed by atoms with Gasteiger partial charge in [-0.25, -0.2) is 4.79 Å². The van der Waals surface area contributed by atoms with Gasteiger partial charge in [-0.2, -0.15) is 0 Å². The minimum absolute atomic E-state index is 0.151. The normalized spacial score (nSPS) is 11.4. The molecule has 3 aromatic rings. The molecule has 0 saturated carbocycles. The molecule has 2 aromatic heterocycles. The van der Waals surface area contributed by atoms with Crippen molar-refractivity contribution in [2.24, 2.45) is 5.92 Å². The summed E-state index contributed by atoms with van der Waals surface area (Å²) in [6, 6.07) is 3.52. The van der Waals surface area contributed by atoms with Crippen LogP contribution >= 0.6 is 0 Å². The summed E-state index contributed by atoms with van der Waals surface area (Å²) in [5.41, 5.74) is 4.06. The Hall–Kier alpha value is -2.83. The Labute approximate surface area is 138 Å². The van der Waals surface area contributed by atoms with Gasteiger partial charge in [-0.1, -0.05) is 19.0 Å². The first kappa shape index (κ1) is 16.0.